The Hall–Kier alpha value is -1.83. The zero-order chi connectivity index (χ0) is 10.6. The molecule has 1 amide bonds. The number of carbonyl (C=O) groups excluding carboxylic acids is 1. The molecule has 5 nitrogen and oxygen atoms in total. The van der Waals surface area contributed by atoms with Gasteiger partial charge in [0.25, 0.3) is 0 Å². The van der Waals surface area contributed by atoms with Crippen LogP contribution in [-0.2, 0) is 4.79 Å². The standard InChI is InChI=1S/C9H12N4O/c1-6(2)3-8(14)12-9-7(4-10)5-11-13-9/h5-6H,3H2,1-2H3,(H2,11,12,13,14). The Kier molecular flexibility index (Phi) is 3.24. The first kappa shape index (κ1) is 10.3. The second-order valence-electron chi connectivity index (χ2n) is 3.42. The average molecular weight is 192 g/mol. The molecule has 0 fully saturated rings. The molecular weight excluding hydrogens is 180 g/mol. The second kappa shape index (κ2) is 4.42. The predicted octanol–water partition coefficient (Wildman–Crippen LogP) is 1.27. The monoisotopic (exact) mass is 192 g/mol. The van der Waals surface area contributed by atoms with Gasteiger partial charge in [0.2, 0.25) is 5.91 Å². The smallest absolute Gasteiger partial charge is 0.225 e. The van der Waals surface area contributed by atoms with Gasteiger partial charge in [-0.1, -0.05) is 13.8 Å². The number of hydrogen-bond donors (Lipinski definition) is 2. The summed E-state index contributed by atoms with van der Waals surface area (Å²) >= 11 is 0. The minimum absolute atomic E-state index is 0.110. The molecule has 1 heterocycles. The van der Waals surface area contributed by atoms with E-state index in [1.807, 2.05) is 19.9 Å². The molecule has 0 aliphatic heterocycles. The van der Waals surface area contributed by atoms with Crippen LogP contribution in [0.4, 0.5) is 5.82 Å². The van der Waals surface area contributed by atoms with Gasteiger partial charge in [0, 0.05) is 6.42 Å². The summed E-state index contributed by atoms with van der Waals surface area (Å²) in [5, 5.41) is 17.5. The Balaban J connectivity index is 2.61. The Morgan fingerprint density at radius 1 is 1.79 bits per heavy atom. The van der Waals surface area contributed by atoms with Crippen LogP contribution in [0.3, 0.4) is 0 Å². The van der Waals surface area contributed by atoms with Crippen LogP contribution in [0.2, 0.25) is 0 Å². The van der Waals surface area contributed by atoms with E-state index in [0.717, 1.165) is 0 Å². The maximum Gasteiger partial charge on any atom is 0.225 e. The lowest BCUT2D eigenvalue weighted by Crippen LogP contribution is -2.14. The minimum atomic E-state index is -0.110. The Bertz CT molecular complexity index is 361. The number of carbonyl (C=O) groups is 1. The molecule has 0 spiro atoms. The first-order valence-electron chi connectivity index (χ1n) is 4.36. The van der Waals surface area contributed by atoms with E-state index in [1.54, 1.807) is 0 Å². The lowest BCUT2D eigenvalue weighted by Gasteiger charge is -2.04. The highest BCUT2D eigenvalue weighted by Crippen LogP contribution is 2.10. The molecular formula is C9H12N4O. The zero-order valence-corrected chi connectivity index (χ0v) is 8.16. The van der Waals surface area contributed by atoms with Gasteiger partial charge in [0.05, 0.1) is 6.20 Å². The molecule has 1 rings (SSSR count). The average Bonchev–Trinajstić information content (AvgIpc) is 2.50. The van der Waals surface area contributed by atoms with Gasteiger partial charge in [-0.25, -0.2) is 0 Å². The van der Waals surface area contributed by atoms with Crippen LogP contribution in [0.5, 0.6) is 0 Å². The Labute approximate surface area is 82.1 Å². The van der Waals surface area contributed by atoms with Crippen LogP contribution in [0.15, 0.2) is 6.20 Å². The second-order valence-corrected chi connectivity index (χ2v) is 3.42. The van der Waals surface area contributed by atoms with Gasteiger partial charge in [-0.2, -0.15) is 10.4 Å². The predicted molar refractivity (Wildman–Crippen MR) is 51.4 cm³/mol. The number of nitrogens with zero attached hydrogens (tertiary/aromatic N) is 2. The summed E-state index contributed by atoms with van der Waals surface area (Å²) < 4.78 is 0. The van der Waals surface area contributed by atoms with Gasteiger partial charge in [-0.3, -0.25) is 9.89 Å². The maximum atomic E-state index is 11.3. The van der Waals surface area contributed by atoms with Gasteiger partial charge in [0.1, 0.15) is 17.5 Å². The zero-order valence-electron chi connectivity index (χ0n) is 8.16. The van der Waals surface area contributed by atoms with Crippen molar-refractivity contribution in [2.24, 2.45) is 5.92 Å². The van der Waals surface area contributed by atoms with Crippen molar-refractivity contribution in [3.63, 3.8) is 0 Å². The minimum Gasteiger partial charge on any atom is -0.310 e. The van der Waals surface area contributed by atoms with E-state index < -0.39 is 0 Å². The molecule has 1 aromatic heterocycles. The summed E-state index contributed by atoms with van der Waals surface area (Å²) in [6.07, 6.45) is 1.81. The molecule has 0 aliphatic rings. The normalized spacial score (nSPS) is 9.86. The van der Waals surface area contributed by atoms with Crippen LogP contribution in [0.1, 0.15) is 25.8 Å². The molecule has 0 bridgehead atoms. The van der Waals surface area contributed by atoms with E-state index in [9.17, 15) is 4.79 Å². The maximum absolute atomic E-state index is 11.3. The highest BCUT2D eigenvalue weighted by molar-refractivity contribution is 5.90. The molecule has 0 radical (unpaired) electrons. The number of amides is 1. The molecule has 1 aromatic rings. The van der Waals surface area contributed by atoms with Gasteiger partial charge in [0.15, 0.2) is 0 Å². The number of aromatic nitrogens is 2. The largest absolute Gasteiger partial charge is 0.310 e. The highest BCUT2D eigenvalue weighted by atomic mass is 16.1. The summed E-state index contributed by atoms with van der Waals surface area (Å²) in [5.74, 6) is 0.558. The van der Waals surface area contributed by atoms with Crippen molar-refractivity contribution in [3.8, 4) is 6.07 Å². The van der Waals surface area contributed by atoms with Crippen molar-refractivity contribution in [2.75, 3.05) is 5.32 Å². The molecule has 0 atom stereocenters. The Morgan fingerprint density at radius 3 is 3.07 bits per heavy atom. The quantitative estimate of drug-likeness (QED) is 0.756. The highest BCUT2D eigenvalue weighted by Gasteiger charge is 2.09. The van der Waals surface area contributed by atoms with Gasteiger partial charge >= 0.3 is 0 Å². The fourth-order valence-corrected chi connectivity index (χ4v) is 1.03. The van der Waals surface area contributed by atoms with Crippen LogP contribution >= 0.6 is 0 Å². The molecule has 0 aromatic carbocycles. The first-order valence-corrected chi connectivity index (χ1v) is 4.36. The van der Waals surface area contributed by atoms with Crippen LogP contribution < -0.4 is 5.32 Å². The fourth-order valence-electron chi connectivity index (χ4n) is 1.03. The third kappa shape index (κ3) is 2.59. The third-order valence-electron chi connectivity index (χ3n) is 1.62. The topological polar surface area (TPSA) is 81.6 Å². The molecule has 0 unspecified atom stereocenters. The Morgan fingerprint density at radius 2 is 2.50 bits per heavy atom. The number of H-pyrrole nitrogens is 1. The summed E-state index contributed by atoms with van der Waals surface area (Å²) in [6.45, 7) is 3.91. The van der Waals surface area contributed by atoms with E-state index in [0.29, 0.717) is 23.7 Å². The number of nitriles is 1. The number of rotatable bonds is 3. The first-order chi connectivity index (χ1) is 6.63. The molecule has 0 saturated heterocycles. The summed E-state index contributed by atoms with van der Waals surface area (Å²) in [7, 11) is 0. The number of aromatic amines is 1. The van der Waals surface area contributed by atoms with Crippen molar-refractivity contribution in [1.29, 1.82) is 5.26 Å². The van der Waals surface area contributed by atoms with Crippen molar-refractivity contribution in [1.82, 2.24) is 10.2 Å². The molecule has 2 N–H and O–H groups in total. The number of anilines is 1. The van der Waals surface area contributed by atoms with Crippen molar-refractivity contribution >= 4 is 11.7 Å². The third-order valence-corrected chi connectivity index (χ3v) is 1.62. The summed E-state index contributed by atoms with van der Waals surface area (Å²) in [6, 6.07) is 1.93. The van der Waals surface area contributed by atoms with Gasteiger partial charge in [-0.05, 0) is 5.92 Å². The summed E-state index contributed by atoms with van der Waals surface area (Å²) in [5.41, 5.74) is 0.349. The summed E-state index contributed by atoms with van der Waals surface area (Å²) in [4.78, 5) is 11.3. The van der Waals surface area contributed by atoms with E-state index in [4.69, 9.17) is 5.26 Å². The molecule has 0 saturated carbocycles. The lowest BCUT2D eigenvalue weighted by molar-refractivity contribution is -0.116. The van der Waals surface area contributed by atoms with Crippen LogP contribution in [0.25, 0.3) is 0 Å². The number of hydrogen-bond acceptors (Lipinski definition) is 3. The van der Waals surface area contributed by atoms with Crippen LogP contribution in [0, 0.1) is 17.2 Å². The van der Waals surface area contributed by atoms with Crippen molar-refractivity contribution in [3.05, 3.63) is 11.8 Å². The van der Waals surface area contributed by atoms with Crippen LogP contribution in [-0.4, -0.2) is 16.1 Å². The van der Waals surface area contributed by atoms with Crippen molar-refractivity contribution < 1.29 is 4.79 Å². The molecule has 74 valence electrons. The molecule has 14 heavy (non-hydrogen) atoms. The van der Waals surface area contributed by atoms with E-state index in [1.165, 1.54) is 6.20 Å². The lowest BCUT2D eigenvalue weighted by atomic mass is 10.1. The SMILES string of the molecule is CC(C)CC(=O)Nc1[nH]ncc1C#N. The van der Waals surface area contributed by atoms with Gasteiger partial charge in [-0.15, -0.1) is 0 Å². The van der Waals surface area contributed by atoms with E-state index in [-0.39, 0.29) is 5.91 Å². The van der Waals surface area contributed by atoms with E-state index >= 15 is 0 Å². The van der Waals surface area contributed by atoms with E-state index in [2.05, 4.69) is 15.5 Å². The number of nitrogens with one attached hydrogen (secondary N) is 2. The van der Waals surface area contributed by atoms with Gasteiger partial charge < -0.3 is 5.32 Å². The molecule has 0 aliphatic carbocycles. The fraction of sp³-hybridized carbons (Fsp3) is 0.444. The van der Waals surface area contributed by atoms with Crippen molar-refractivity contribution in [2.45, 2.75) is 20.3 Å². The molecule has 5 heteroatoms.